The van der Waals surface area contributed by atoms with Crippen LogP contribution in [-0.2, 0) is 22.5 Å². The molecule has 1 amide bonds. The number of hydrogen-bond acceptors (Lipinski definition) is 6. The van der Waals surface area contributed by atoms with Crippen LogP contribution in [0.15, 0.2) is 45.7 Å². The van der Waals surface area contributed by atoms with E-state index in [1.165, 1.54) is 28.7 Å². The molecule has 3 rings (SSSR count). The lowest BCUT2D eigenvalue weighted by Gasteiger charge is -2.11. The molecular weight excluding hydrogens is 406 g/mol. The van der Waals surface area contributed by atoms with Gasteiger partial charge in [-0.15, -0.1) is 11.3 Å². The number of carbonyl (C=O) groups excluding carboxylic acids is 1. The van der Waals surface area contributed by atoms with Gasteiger partial charge in [0.1, 0.15) is 4.70 Å². The number of fused-ring (bicyclic) bond motifs is 1. The summed E-state index contributed by atoms with van der Waals surface area (Å²) in [4.78, 5) is 29.7. The number of thioether (sulfide) groups is 1. The number of nitrogens with one attached hydrogen (secondary N) is 1. The average Bonchev–Trinajstić information content (AvgIpc) is 3.20. The number of carbonyl (C=O) groups is 1. The molecule has 0 spiro atoms. The van der Waals surface area contributed by atoms with Gasteiger partial charge in [-0.2, -0.15) is 0 Å². The second-order valence-electron chi connectivity index (χ2n) is 6.62. The minimum absolute atomic E-state index is 0.0902. The molecule has 0 saturated heterocycles. The van der Waals surface area contributed by atoms with Crippen molar-refractivity contribution in [3.05, 3.63) is 51.6 Å². The SMILES string of the molecule is CCCCc1ccc(NC(=O)CSc2nc3ccsc3c(=O)n2CCOC)cc1. The van der Waals surface area contributed by atoms with Crippen molar-refractivity contribution < 1.29 is 9.53 Å². The molecule has 0 bridgehead atoms. The lowest BCUT2D eigenvalue weighted by Crippen LogP contribution is -2.25. The van der Waals surface area contributed by atoms with E-state index in [2.05, 4.69) is 17.2 Å². The number of rotatable bonds is 10. The number of hydrogen-bond donors (Lipinski definition) is 1. The molecule has 0 aliphatic carbocycles. The van der Waals surface area contributed by atoms with Crippen molar-refractivity contribution in [3.63, 3.8) is 0 Å². The number of unbranched alkanes of at least 4 members (excludes halogenated alkanes) is 1. The van der Waals surface area contributed by atoms with Gasteiger partial charge < -0.3 is 10.1 Å². The maximum atomic E-state index is 12.7. The normalized spacial score (nSPS) is 11.1. The lowest BCUT2D eigenvalue weighted by molar-refractivity contribution is -0.113. The van der Waals surface area contributed by atoms with Crippen LogP contribution < -0.4 is 10.9 Å². The quantitative estimate of drug-likeness (QED) is 0.385. The molecular formula is C21H25N3O3S2. The largest absolute Gasteiger partial charge is 0.383 e. The number of methoxy groups -OCH3 is 1. The maximum absolute atomic E-state index is 12.7. The van der Waals surface area contributed by atoms with Crippen molar-refractivity contribution in [2.45, 2.75) is 37.9 Å². The van der Waals surface area contributed by atoms with Gasteiger partial charge in [0.05, 0.1) is 24.4 Å². The molecule has 2 aromatic heterocycles. The molecule has 29 heavy (non-hydrogen) atoms. The minimum atomic E-state index is -0.130. The molecule has 0 unspecified atom stereocenters. The molecule has 0 radical (unpaired) electrons. The van der Waals surface area contributed by atoms with Gasteiger partial charge in [0.25, 0.3) is 5.56 Å². The first-order valence-corrected chi connectivity index (χ1v) is 11.5. The Morgan fingerprint density at radius 2 is 2.07 bits per heavy atom. The Balaban J connectivity index is 1.66. The summed E-state index contributed by atoms with van der Waals surface area (Å²) in [6.07, 6.45) is 3.38. The summed E-state index contributed by atoms with van der Waals surface area (Å²) in [5.41, 5.74) is 2.62. The number of nitrogens with zero attached hydrogens (tertiary/aromatic N) is 2. The van der Waals surface area contributed by atoms with Crippen molar-refractivity contribution in [2.24, 2.45) is 0 Å². The Hall–Kier alpha value is -2.16. The van der Waals surface area contributed by atoms with Gasteiger partial charge in [-0.3, -0.25) is 14.2 Å². The second-order valence-corrected chi connectivity index (χ2v) is 8.47. The molecule has 3 aromatic rings. The zero-order valence-electron chi connectivity index (χ0n) is 16.6. The summed E-state index contributed by atoms with van der Waals surface area (Å²) in [6, 6.07) is 9.78. The van der Waals surface area contributed by atoms with Crippen LogP contribution >= 0.6 is 23.1 Å². The summed E-state index contributed by atoms with van der Waals surface area (Å²) >= 11 is 2.64. The van der Waals surface area contributed by atoms with E-state index in [0.29, 0.717) is 28.5 Å². The van der Waals surface area contributed by atoms with E-state index in [9.17, 15) is 9.59 Å². The van der Waals surface area contributed by atoms with Gasteiger partial charge in [-0.1, -0.05) is 37.2 Å². The molecule has 0 fully saturated rings. The van der Waals surface area contributed by atoms with Crippen molar-refractivity contribution in [1.29, 1.82) is 0 Å². The first-order chi connectivity index (χ1) is 14.1. The van der Waals surface area contributed by atoms with Crippen LogP contribution in [0.1, 0.15) is 25.3 Å². The predicted octanol–water partition coefficient (Wildman–Crippen LogP) is 4.18. The molecule has 1 N–H and O–H groups in total. The molecule has 0 saturated carbocycles. The summed E-state index contributed by atoms with van der Waals surface area (Å²) in [5, 5.41) is 5.29. The molecule has 0 aliphatic heterocycles. The number of benzene rings is 1. The minimum Gasteiger partial charge on any atom is -0.383 e. The summed E-state index contributed by atoms with van der Waals surface area (Å²) < 4.78 is 7.32. The molecule has 2 heterocycles. The average molecular weight is 432 g/mol. The van der Waals surface area contributed by atoms with Crippen molar-refractivity contribution in [3.8, 4) is 0 Å². The van der Waals surface area contributed by atoms with Gasteiger partial charge >= 0.3 is 0 Å². The lowest BCUT2D eigenvalue weighted by atomic mass is 10.1. The van der Waals surface area contributed by atoms with Gasteiger partial charge in [0.2, 0.25) is 5.91 Å². The van der Waals surface area contributed by atoms with Crippen molar-refractivity contribution >= 4 is 44.9 Å². The number of aromatic nitrogens is 2. The Morgan fingerprint density at radius 1 is 1.28 bits per heavy atom. The molecule has 1 aromatic carbocycles. The number of anilines is 1. The smallest absolute Gasteiger partial charge is 0.272 e. The number of thiophene rings is 1. The highest BCUT2D eigenvalue weighted by atomic mass is 32.2. The highest BCUT2D eigenvalue weighted by Crippen LogP contribution is 2.21. The fourth-order valence-corrected chi connectivity index (χ4v) is 4.48. The van der Waals surface area contributed by atoms with Gasteiger partial charge in [-0.25, -0.2) is 4.98 Å². The molecule has 0 atom stereocenters. The Morgan fingerprint density at radius 3 is 2.79 bits per heavy atom. The zero-order valence-corrected chi connectivity index (χ0v) is 18.3. The number of amides is 1. The third-order valence-electron chi connectivity index (χ3n) is 4.44. The van der Waals surface area contributed by atoms with E-state index in [-0.39, 0.29) is 17.2 Å². The highest BCUT2D eigenvalue weighted by molar-refractivity contribution is 7.99. The molecule has 8 heteroatoms. The maximum Gasteiger partial charge on any atom is 0.272 e. The van der Waals surface area contributed by atoms with Crippen LogP contribution in [0.4, 0.5) is 5.69 Å². The van der Waals surface area contributed by atoms with Crippen LogP contribution in [0.5, 0.6) is 0 Å². The summed E-state index contributed by atoms with van der Waals surface area (Å²) in [6.45, 7) is 2.98. The first kappa shape index (κ1) is 21.5. The third-order valence-corrected chi connectivity index (χ3v) is 6.31. The van der Waals surface area contributed by atoms with Gasteiger partial charge in [0.15, 0.2) is 5.16 Å². The Kier molecular flexibility index (Phi) is 7.85. The van der Waals surface area contributed by atoms with E-state index in [4.69, 9.17) is 4.74 Å². The number of ether oxygens (including phenoxy) is 1. The third kappa shape index (κ3) is 5.68. The van der Waals surface area contributed by atoms with Crippen LogP contribution in [0.2, 0.25) is 0 Å². The monoisotopic (exact) mass is 431 g/mol. The van der Waals surface area contributed by atoms with E-state index in [1.54, 1.807) is 11.7 Å². The van der Waals surface area contributed by atoms with E-state index in [1.807, 2.05) is 35.7 Å². The van der Waals surface area contributed by atoms with E-state index < -0.39 is 0 Å². The molecule has 6 nitrogen and oxygen atoms in total. The van der Waals surface area contributed by atoms with Crippen LogP contribution in [0.3, 0.4) is 0 Å². The molecule has 0 aliphatic rings. The fourth-order valence-electron chi connectivity index (χ4n) is 2.88. The Labute approximate surface area is 178 Å². The van der Waals surface area contributed by atoms with E-state index >= 15 is 0 Å². The van der Waals surface area contributed by atoms with Crippen LogP contribution in [-0.4, -0.2) is 34.9 Å². The first-order valence-electron chi connectivity index (χ1n) is 9.61. The van der Waals surface area contributed by atoms with Gasteiger partial charge in [0, 0.05) is 12.8 Å². The standard InChI is InChI=1S/C21H25N3O3S2/c1-3-4-5-15-6-8-16(9-7-15)22-18(25)14-29-21-23-17-10-13-28-19(17)20(26)24(21)11-12-27-2/h6-10,13H,3-5,11-12,14H2,1-2H3,(H,22,25). The molecule has 154 valence electrons. The van der Waals surface area contributed by atoms with E-state index in [0.717, 1.165) is 24.9 Å². The fraction of sp³-hybridized carbons (Fsp3) is 0.381. The van der Waals surface area contributed by atoms with Crippen molar-refractivity contribution in [2.75, 3.05) is 24.8 Å². The Bertz CT molecular complexity index is 1010. The highest BCUT2D eigenvalue weighted by Gasteiger charge is 2.14. The summed E-state index contributed by atoms with van der Waals surface area (Å²) in [5.74, 6) is 0.0430. The topological polar surface area (TPSA) is 73.2 Å². The summed E-state index contributed by atoms with van der Waals surface area (Å²) in [7, 11) is 1.59. The number of aryl methyl sites for hydroxylation is 1. The van der Waals surface area contributed by atoms with Crippen LogP contribution in [0.25, 0.3) is 10.2 Å². The second kappa shape index (κ2) is 10.6. The zero-order chi connectivity index (χ0) is 20.6. The van der Waals surface area contributed by atoms with Crippen molar-refractivity contribution in [1.82, 2.24) is 9.55 Å². The van der Waals surface area contributed by atoms with Crippen LogP contribution in [0, 0.1) is 0 Å². The van der Waals surface area contributed by atoms with Gasteiger partial charge in [-0.05, 0) is 42.0 Å². The predicted molar refractivity (Wildman–Crippen MR) is 120 cm³/mol.